The highest BCUT2D eigenvalue weighted by Gasteiger charge is 2.27. The quantitative estimate of drug-likeness (QED) is 0.708. The lowest BCUT2D eigenvalue weighted by molar-refractivity contribution is -0.140. The third-order valence-electron chi connectivity index (χ3n) is 5.07. The number of halogens is 1. The second-order valence-corrected chi connectivity index (χ2v) is 7.62. The largest absolute Gasteiger partial charge is 0.352 e. The summed E-state index contributed by atoms with van der Waals surface area (Å²) in [5.74, 6) is -0.249. The van der Waals surface area contributed by atoms with Crippen molar-refractivity contribution >= 4 is 23.4 Å². The zero-order chi connectivity index (χ0) is 20.7. The summed E-state index contributed by atoms with van der Waals surface area (Å²) in [4.78, 5) is 27.5. The summed E-state index contributed by atoms with van der Waals surface area (Å²) >= 11 is 6.31. The number of carbonyl (C=O) groups excluding carboxylic acids is 2. The fourth-order valence-electron chi connectivity index (χ4n) is 2.93. The van der Waals surface area contributed by atoms with E-state index in [0.717, 1.165) is 23.1 Å². The van der Waals surface area contributed by atoms with Crippen molar-refractivity contribution in [3.05, 3.63) is 70.2 Å². The van der Waals surface area contributed by atoms with E-state index in [1.807, 2.05) is 63.2 Å². The maximum atomic E-state index is 13.2. The first-order valence-electron chi connectivity index (χ1n) is 9.71. The molecule has 2 atom stereocenters. The van der Waals surface area contributed by atoms with E-state index in [1.54, 1.807) is 17.9 Å². The molecule has 1 N–H and O–H groups in total. The second-order valence-electron chi connectivity index (χ2n) is 7.21. The molecule has 0 saturated carbocycles. The van der Waals surface area contributed by atoms with Gasteiger partial charge in [-0.25, -0.2) is 0 Å². The SMILES string of the molecule is CC[C@@H](C)NC(=O)[C@H](C)N(Cc1ccccc1Cl)C(=O)Cc1ccccc1C. The van der Waals surface area contributed by atoms with Gasteiger partial charge in [-0.15, -0.1) is 0 Å². The number of hydrogen-bond donors (Lipinski definition) is 1. The Labute approximate surface area is 172 Å². The summed E-state index contributed by atoms with van der Waals surface area (Å²) in [6, 6.07) is 14.7. The summed E-state index contributed by atoms with van der Waals surface area (Å²) in [6.07, 6.45) is 1.08. The van der Waals surface area contributed by atoms with Crippen LogP contribution in [0.25, 0.3) is 0 Å². The van der Waals surface area contributed by atoms with Crippen molar-refractivity contribution < 1.29 is 9.59 Å². The van der Waals surface area contributed by atoms with Crippen LogP contribution in [0.1, 0.15) is 43.9 Å². The van der Waals surface area contributed by atoms with E-state index in [2.05, 4.69) is 5.32 Å². The number of nitrogens with zero attached hydrogens (tertiary/aromatic N) is 1. The maximum absolute atomic E-state index is 13.2. The molecule has 2 amide bonds. The Hall–Kier alpha value is -2.33. The van der Waals surface area contributed by atoms with Gasteiger partial charge in [0.25, 0.3) is 0 Å². The third kappa shape index (κ3) is 5.83. The van der Waals surface area contributed by atoms with Gasteiger partial charge in [0.05, 0.1) is 6.42 Å². The van der Waals surface area contributed by atoms with Crippen LogP contribution in [0.3, 0.4) is 0 Å². The van der Waals surface area contributed by atoms with Crippen molar-refractivity contribution in [2.75, 3.05) is 0 Å². The van der Waals surface area contributed by atoms with Crippen molar-refractivity contribution in [2.24, 2.45) is 0 Å². The van der Waals surface area contributed by atoms with Gasteiger partial charge < -0.3 is 10.2 Å². The van der Waals surface area contributed by atoms with Crippen LogP contribution in [-0.4, -0.2) is 28.8 Å². The van der Waals surface area contributed by atoms with Crippen molar-refractivity contribution in [3.8, 4) is 0 Å². The Morgan fingerprint density at radius 2 is 1.64 bits per heavy atom. The van der Waals surface area contributed by atoms with Gasteiger partial charge in [-0.3, -0.25) is 9.59 Å². The Kier molecular flexibility index (Phi) is 8.06. The zero-order valence-corrected chi connectivity index (χ0v) is 17.8. The van der Waals surface area contributed by atoms with E-state index < -0.39 is 6.04 Å². The Morgan fingerprint density at radius 1 is 1.04 bits per heavy atom. The van der Waals surface area contributed by atoms with Crippen LogP contribution in [0.5, 0.6) is 0 Å². The lowest BCUT2D eigenvalue weighted by Gasteiger charge is -2.30. The topological polar surface area (TPSA) is 49.4 Å². The normalized spacial score (nSPS) is 12.9. The molecule has 4 nitrogen and oxygen atoms in total. The van der Waals surface area contributed by atoms with Gasteiger partial charge >= 0.3 is 0 Å². The first-order valence-corrected chi connectivity index (χ1v) is 10.1. The maximum Gasteiger partial charge on any atom is 0.242 e. The first-order chi connectivity index (χ1) is 13.3. The van der Waals surface area contributed by atoms with Crippen LogP contribution >= 0.6 is 11.6 Å². The van der Waals surface area contributed by atoms with Gasteiger partial charge in [-0.05, 0) is 49.9 Å². The predicted molar refractivity (Wildman–Crippen MR) is 114 cm³/mol. The Morgan fingerprint density at radius 3 is 2.25 bits per heavy atom. The van der Waals surface area contributed by atoms with Gasteiger partial charge in [-0.1, -0.05) is 61.0 Å². The number of nitrogens with one attached hydrogen (secondary N) is 1. The fourth-order valence-corrected chi connectivity index (χ4v) is 3.13. The molecule has 0 aliphatic heterocycles. The first kappa shape index (κ1) is 22.0. The van der Waals surface area contributed by atoms with Crippen molar-refractivity contribution in [2.45, 2.75) is 59.2 Å². The molecular weight excluding hydrogens is 372 g/mol. The standard InChI is InChI=1S/C23H29ClN2O2/c1-5-17(3)25-23(28)18(4)26(15-20-12-8-9-13-21(20)24)22(27)14-19-11-7-6-10-16(19)2/h6-13,17-18H,5,14-15H2,1-4H3,(H,25,28)/t17-,18+/m1/s1. The molecule has 0 unspecified atom stereocenters. The average Bonchev–Trinajstić information content (AvgIpc) is 2.68. The Bertz CT molecular complexity index is 822. The van der Waals surface area contributed by atoms with Crippen molar-refractivity contribution in [1.82, 2.24) is 10.2 Å². The molecule has 2 rings (SSSR count). The summed E-state index contributed by atoms with van der Waals surface area (Å²) < 4.78 is 0. The number of rotatable bonds is 8. The van der Waals surface area contributed by atoms with E-state index in [0.29, 0.717) is 11.6 Å². The molecule has 0 aromatic heterocycles. The minimum Gasteiger partial charge on any atom is -0.352 e. The van der Waals surface area contributed by atoms with Gasteiger partial charge in [0.2, 0.25) is 11.8 Å². The van der Waals surface area contributed by atoms with Crippen LogP contribution in [0.4, 0.5) is 0 Å². The molecule has 150 valence electrons. The molecule has 0 saturated heterocycles. The number of hydrogen-bond acceptors (Lipinski definition) is 2. The molecule has 0 heterocycles. The third-order valence-corrected chi connectivity index (χ3v) is 5.44. The lowest BCUT2D eigenvalue weighted by atomic mass is 10.0. The minimum atomic E-state index is -0.596. The summed E-state index contributed by atoms with van der Waals surface area (Å²) in [5.41, 5.74) is 2.85. The molecule has 0 aliphatic carbocycles. The van der Waals surface area contributed by atoms with Gasteiger partial charge in [0.15, 0.2) is 0 Å². The van der Waals surface area contributed by atoms with Crippen molar-refractivity contribution in [1.29, 1.82) is 0 Å². The van der Waals surface area contributed by atoms with Crippen LogP contribution in [-0.2, 0) is 22.6 Å². The zero-order valence-electron chi connectivity index (χ0n) is 17.0. The smallest absolute Gasteiger partial charge is 0.242 e. The molecule has 0 fully saturated rings. The number of benzene rings is 2. The molecule has 2 aromatic rings. The number of carbonyl (C=O) groups is 2. The van der Waals surface area contributed by atoms with Crippen LogP contribution < -0.4 is 5.32 Å². The van der Waals surface area contributed by atoms with Gasteiger partial charge in [-0.2, -0.15) is 0 Å². The van der Waals surface area contributed by atoms with E-state index >= 15 is 0 Å². The highest BCUT2D eigenvalue weighted by Crippen LogP contribution is 2.20. The highest BCUT2D eigenvalue weighted by atomic mass is 35.5. The summed E-state index contributed by atoms with van der Waals surface area (Å²) in [7, 11) is 0. The summed E-state index contributed by atoms with van der Waals surface area (Å²) in [6.45, 7) is 8.02. The number of amides is 2. The van der Waals surface area contributed by atoms with Crippen LogP contribution in [0, 0.1) is 6.92 Å². The minimum absolute atomic E-state index is 0.0589. The monoisotopic (exact) mass is 400 g/mol. The Balaban J connectivity index is 2.26. The highest BCUT2D eigenvalue weighted by molar-refractivity contribution is 6.31. The predicted octanol–water partition coefficient (Wildman–Crippen LogP) is 4.52. The van der Waals surface area contributed by atoms with Crippen LogP contribution in [0.15, 0.2) is 48.5 Å². The van der Waals surface area contributed by atoms with E-state index in [4.69, 9.17) is 11.6 Å². The molecule has 0 radical (unpaired) electrons. The van der Waals surface area contributed by atoms with Crippen molar-refractivity contribution in [3.63, 3.8) is 0 Å². The number of aryl methyl sites for hydroxylation is 1. The van der Waals surface area contributed by atoms with Gasteiger partial charge in [0.1, 0.15) is 6.04 Å². The van der Waals surface area contributed by atoms with E-state index in [9.17, 15) is 9.59 Å². The average molecular weight is 401 g/mol. The summed E-state index contributed by atoms with van der Waals surface area (Å²) in [5, 5.41) is 3.56. The van der Waals surface area contributed by atoms with E-state index in [-0.39, 0.29) is 24.3 Å². The fraction of sp³-hybridized carbons (Fsp3) is 0.391. The second kappa shape index (κ2) is 10.3. The van der Waals surface area contributed by atoms with Crippen LogP contribution in [0.2, 0.25) is 5.02 Å². The molecule has 5 heteroatoms. The molecular formula is C23H29ClN2O2. The molecule has 28 heavy (non-hydrogen) atoms. The molecule has 0 bridgehead atoms. The molecule has 0 aliphatic rings. The van der Waals surface area contributed by atoms with Gasteiger partial charge in [0, 0.05) is 17.6 Å². The van der Waals surface area contributed by atoms with E-state index in [1.165, 1.54) is 0 Å². The molecule has 0 spiro atoms. The molecule has 2 aromatic carbocycles. The lowest BCUT2D eigenvalue weighted by Crippen LogP contribution is -2.50.